The summed E-state index contributed by atoms with van der Waals surface area (Å²) in [5, 5.41) is 1.87. The Bertz CT molecular complexity index is 651. The number of hydrazine groups is 1. The van der Waals surface area contributed by atoms with Crippen LogP contribution in [-0.2, 0) is 16.6 Å². The van der Waals surface area contributed by atoms with Crippen molar-refractivity contribution in [3.8, 4) is 0 Å². The molecule has 0 saturated heterocycles. The van der Waals surface area contributed by atoms with E-state index in [0.717, 1.165) is 11.3 Å². The van der Waals surface area contributed by atoms with E-state index in [2.05, 4.69) is 30.6 Å². The van der Waals surface area contributed by atoms with Crippen molar-refractivity contribution in [3.05, 3.63) is 23.8 Å². The van der Waals surface area contributed by atoms with Gasteiger partial charge in [-0.3, -0.25) is 0 Å². The number of hydrogen-bond donors (Lipinski definition) is 2. The van der Waals surface area contributed by atoms with Crippen LogP contribution in [0.3, 0.4) is 0 Å². The molecule has 7 heteroatoms. The lowest BCUT2D eigenvalue weighted by Gasteiger charge is -2.36. The highest BCUT2D eigenvalue weighted by Gasteiger charge is 2.39. The van der Waals surface area contributed by atoms with Gasteiger partial charge in [-0.15, -0.1) is 0 Å². The van der Waals surface area contributed by atoms with Crippen molar-refractivity contribution in [1.82, 2.24) is 9.81 Å². The SMILES string of the molecule is CN1NCc2cc(S(=O)(=O)N[Si](C)(C)C(C)(C)C)ccc21. The lowest BCUT2D eigenvalue weighted by atomic mass is 10.2. The van der Waals surface area contributed by atoms with Crippen LogP contribution in [0.25, 0.3) is 0 Å². The lowest BCUT2D eigenvalue weighted by molar-refractivity contribution is 0.589. The summed E-state index contributed by atoms with van der Waals surface area (Å²) in [6.45, 7) is 11.0. The van der Waals surface area contributed by atoms with Gasteiger partial charge in [0.05, 0.1) is 10.6 Å². The maximum atomic E-state index is 12.7. The van der Waals surface area contributed by atoms with Gasteiger partial charge in [-0.1, -0.05) is 33.9 Å². The van der Waals surface area contributed by atoms with Gasteiger partial charge in [-0.2, -0.15) is 0 Å². The van der Waals surface area contributed by atoms with Gasteiger partial charge in [0.1, 0.15) is 8.24 Å². The zero-order chi connectivity index (χ0) is 16.1. The first-order valence-electron chi connectivity index (χ1n) is 7.08. The number of rotatable bonds is 3. The molecule has 2 rings (SSSR count). The van der Waals surface area contributed by atoms with E-state index in [0.29, 0.717) is 11.4 Å². The molecule has 0 fully saturated rings. The molecule has 1 aliphatic rings. The predicted molar refractivity (Wildman–Crippen MR) is 89.2 cm³/mol. The van der Waals surface area contributed by atoms with Gasteiger partial charge in [0.15, 0.2) is 0 Å². The maximum absolute atomic E-state index is 12.7. The van der Waals surface area contributed by atoms with Gasteiger partial charge in [0.25, 0.3) is 0 Å². The Hall–Kier alpha value is -0.893. The predicted octanol–water partition coefficient (Wildman–Crippen LogP) is 2.42. The Labute approximate surface area is 128 Å². The number of nitrogens with zero attached hydrogens (tertiary/aromatic N) is 1. The van der Waals surface area contributed by atoms with Crippen molar-refractivity contribution < 1.29 is 8.42 Å². The summed E-state index contributed by atoms with van der Waals surface area (Å²) in [7, 11) is -3.68. The molecule has 1 aromatic carbocycles. The Morgan fingerprint density at radius 1 is 1.29 bits per heavy atom. The normalized spacial score (nSPS) is 16.2. The van der Waals surface area contributed by atoms with Crippen LogP contribution < -0.4 is 14.8 Å². The number of nitrogens with one attached hydrogen (secondary N) is 2. The van der Waals surface area contributed by atoms with Crippen LogP contribution in [0, 0.1) is 0 Å². The summed E-state index contributed by atoms with van der Waals surface area (Å²) >= 11 is 0. The summed E-state index contributed by atoms with van der Waals surface area (Å²) in [5.41, 5.74) is 5.20. The molecule has 0 spiro atoms. The average molecular weight is 328 g/mol. The molecule has 0 atom stereocenters. The number of sulfonamides is 1. The monoisotopic (exact) mass is 327 g/mol. The molecule has 1 aromatic rings. The van der Waals surface area contributed by atoms with Gasteiger partial charge in [-0.25, -0.2) is 18.2 Å². The Morgan fingerprint density at radius 3 is 2.48 bits per heavy atom. The van der Waals surface area contributed by atoms with Crippen molar-refractivity contribution in [3.63, 3.8) is 0 Å². The van der Waals surface area contributed by atoms with E-state index in [-0.39, 0.29) is 5.04 Å². The van der Waals surface area contributed by atoms with E-state index in [1.54, 1.807) is 12.1 Å². The first kappa shape index (κ1) is 16.5. The van der Waals surface area contributed by atoms with Crippen molar-refractivity contribution in [2.75, 3.05) is 12.1 Å². The molecular weight excluding hydrogens is 302 g/mol. The number of hydrogen-bond acceptors (Lipinski definition) is 4. The fourth-order valence-electron chi connectivity index (χ4n) is 2.03. The third-order valence-corrected chi connectivity index (χ3v) is 12.2. The molecule has 0 saturated carbocycles. The van der Waals surface area contributed by atoms with E-state index in [1.165, 1.54) is 0 Å². The smallest absolute Gasteiger partial charge is 0.234 e. The number of fused-ring (bicyclic) bond motifs is 1. The van der Waals surface area contributed by atoms with Gasteiger partial charge < -0.3 is 5.01 Å². The van der Waals surface area contributed by atoms with Crippen molar-refractivity contribution >= 4 is 23.9 Å². The van der Waals surface area contributed by atoms with E-state index in [4.69, 9.17) is 0 Å². The molecule has 2 N–H and O–H groups in total. The fourth-order valence-corrected chi connectivity index (χ4v) is 6.96. The van der Waals surface area contributed by atoms with Crippen LogP contribution in [0.15, 0.2) is 23.1 Å². The van der Waals surface area contributed by atoms with Crippen LogP contribution in [0.1, 0.15) is 26.3 Å². The summed E-state index contributed by atoms with van der Waals surface area (Å²) in [6, 6.07) is 5.30. The Balaban J connectivity index is 2.34. The van der Waals surface area contributed by atoms with Gasteiger partial charge in [-0.05, 0) is 28.8 Å². The molecule has 0 aromatic heterocycles. The highest BCUT2D eigenvalue weighted by molar-refractivity contribution is 7.91. The quantitative estimate of drug-likeness (QED) is 0.837. The largest absolute Gasteiger partial charge is 0.311 e. The minimum Gasteiger partial charge on any atom is -0.311 e. The first-order chi connectivity index (χ1) is 9.44. The highest BCUT2D eigenvalue weighted by Crippen LogP contribution is 2.35. The molecule has 0 bridgehead atoms. The molecule has 118 valence electrons. The van der Waals surface area contributed by atoms with Gasteiger partial charge >= 0.3 is 0 Å². The fraction of sp³-hybridized carbons (Fsp3) is 0.571. The van der Waals surface area contributed by atoms with Crippen LogP contribution in [-0.4, -0.2) is 23.7 Å². The molecule has 0 unspecified atom stereocenters. The van der Waals surface area contributed by atoms with Crippen molar-refractivity contribution in [2.45, 2.75) is 50.3 Å². The number of benzene rings is 1. The van der Waals surface area contributed by atoms with E-state index < -0.39 is 18.3 Å². The van der Waals surface area contributed by atoms with E-state index >= 15 is 0 Å². The second-order valence-electron chi connectivity index (χ2n) is 7.16. The van der Waals surface area contributed by atoms with Crippen LogP contribution in [0.2, 0.25) is 18.1 Å². The maximum Gasteiger partial charge on any atom is 0.234 e. The van der Waals surface area contributed by atoms with Crippen LogP contribution >= 0.6 is 0 Å². The van der Waals surface area contributed by atoms with Crippen LogP contribution in [0.5, 0.6) is 0 Å². The molecular formula is C14H25N3O2SSi. The molecule has 21 heavy (non-hydrogen) atoms. The first-order valence-corrected chi connectivity index (χ1v) is 11.6. The second-order valence-corrected chi connectivity index (χ2v) is 14.2. The van der Waals surface area contributed by atoms with E-state index in [9.17, 15) is 8.42 Å². The molecule has 5 nitrogen and oxygen atoms in total. The van der Waals surface area contributed by atoms with Crippen molar-refractivity contribution in [2.24, 2.45) is 0 Å². The summed E-state index contributed by atoms with van der Waals surface area (Å²) < 4.78 is 28.3. The number of anilines is 1. The van der Waals surface area contributed by atoms with Crippen molar-refractivity contribution in [1.29, 1.82) is 0 Å². The third-order valence-electron chi connectivity index (χ3n) is 4.49. The molecule has 0 amide bonds. The van der Waals surface area contributed by atoms with E-state index in [1.807, 2.05) is 31.2 Å². The second kappa shape index (κ2) is 5.08. The zero-order valence-electron chi connectivity index (χ0n) is 13.6. The molecule has 1 aliphatic heterocycles. The molecule has 0 aliphatic carbocycles. The minimum absolute atomic E-state index is 0.0431. The lowest BCUT2D eigenvalue weighted by Crippen LogP contribution is -2.54. The topological polar surface area (TPSA) is 61.4 Å². The minimum atomic E-state index is -3.47. The third kappa shape index (κ3) is 3.15. The summed E-state index contributed by atoms with van der Waals surface area (Å²) in [6.07, 6.45) is 0. The zero-order valence-corrected chi connectivity index (χ0v) is 15.4. The molecule has 1 heterocycles. The highest BCUT2D eigenvalue weighted by atomic mass is 32.2. The molecule has 0 radical (unpaired) electrons. The Morgan fingerprint density at radius 2 is 1.90 bits per heavy atom. The van der Waals surface area contributed by atoms with Gasteiger partial charge in [0.2, 0.25) is 10.0 Å². The Kier molecular flexibility index (Phi) is 3.99. The average Bonchev–Trinajstić information content (AvgIpc) is 2.68. The van der Waals surface area contributed by atoms with Crippen LogP contribution in [0.4, 0.5) is 5.69 Å². The standard InChI is InChI=1S/C14H25N3O2SSi/c1-14(2,3)21(5,6)16-20(18,19)12-7-8-13-11(9-12)10-15-17(13)4/h7-9,15-16H,10H2,1-6H3. The summed E-state index contributed by atoms with van der Waals surface area (Å²) in [4.78, 5) is 0.350. The van der Waals surface area contributed by atoms with Gasteiger partial charge in [0, 0.05) is 13.6 Å². The summed E-state index contributed by atoms with van der Waals surface area (Å²) in [5.74, 6) is 0.